The molecule has 0 aliphatic heterocycles. The first-order chi connectivity index (χ1) is 10.8. The van der Waals surface area contributed by atoms with Crippen molar-refractivity contribution in [3.8, 4) is 0 Å². The van der Waals surface area contributed by atoms with Gasteiger partial charge in [-0.25, -0.2) is 0 Å². The van der Waals surface area contributed by atoms with Gasteiger partial charge in [-0.1, -0.05) is 17.7 Å². The molecule has 5 nitrogen and oxygen atoms in total. The molecule has 0 bridgehead atoms. The van der Waals surface area contributed by atoms with Gasteiger partial charge in [-0.3, -0.25) is 9.78 Å². The van der Waals surface area contributed by atoms with Crippen molar-refractivity contribution in [2.75, 3.05) is 11.9 Å². The zero-order chi connectivity index (χ0) is 15.2. The maximum absolute atomic E-state index is 12.0. The van der Waals surface area contributed by atoms with Gasteiger partial charge in [0.2, 0.25) is 5.95 Å². The van der Waals surface area contributed by atoms with E-state index in [4.69, 9.17) is 0 Å². The van der Waals surface area contributed by atoms with Crippen LogP contribution in [0.3, 0.4) is 0 Å². The summed E-state index contributed by atoms with van der Waals surface area (Å²) in [5, 5.41) is 13.3. The van der Waals surface area contributed by atoms with Crippen molar-refractivity contribution in [1.82, 2.24) is 15.2 Å². The number of anilines is 1. The highest BCUT2D eigenvalue weighted by molar-refractivity contribution is 7.09. The Kier molecular flexibility index (Phi) is 5.00. The SMILES string of the molecule is O=c1[nH]c(NCCC2=CCCCC2)nnc1Cc1cccs1. The first-order valence-electron chi connectivity index (χ1n) is 7.71. The van der Waals surface area contributed by atoms with Crippen molar-refractivity contribution >= 4 is 17.3 Å². The molecule has 1 aliphatic rings. The smallest absolute Gasteiger partial charge is 0.274 e. The van der Waals surface area contributed by atoms with Crippen molar-refractivity contribution in [3.63, 3.8) is 0 Å². The van der Waals surface area contributed by atoms with Crippen LogP contribution in [0.2, 0.25) is 0 Å². The van der Waals surface area contributed by atoms with Gasteiger partial charge in [0, 0.05) is 17.8 Å². The molecule has 0 radical (unpaired) electrons. The van der Waals surface area contributed by atoms with Gasteiger partial charge in [0.1, 0.15) is 5.69 Å². The number of H-pyrrole nitrogens is 1. The molecule has 0 saturated heterocycles. The quantitative estimate of drug-likeness (QED) is 0.803. The first-order valence-corrected chi connectivity index (χ1v) is 8.59. The summed E-state index contributed by atoms with van der Waals surface area (Å²) >= 11 is 1.62. The van der Waals surface area contributed by atoms with E-state index in [9.17, 15) is 4.79 Å². The summed E-state index contributed by atoms with van der Waals surface area (Å²) in [6, 6.07) is 3.97. The highest BCUT2D eigenvalue weighted by atomic mass is 32.1. The highest BCUT2D eigenvalue weighted by Crippen LogP contribution is 2.19. The number of nitrogens with one attached hydrogen (secondary N) is 2. The molecule has 1 aliphatic carbocycles. The molecule has 2 aromatic heterocycles. The van der Waals surface area contributed by atoms with E-state index in [-0.39, 0.29) is 5.56 Å². The number of allylic oxidation sites excluding steroid dienone is 1. The molecule has 3 rings (SSSR count). The van der Waals surface area contributed by atoms with E-state index in [0.29, 0.717) is 18.1 Å². The Morgan fingerprint density at radius 1 is 1.32 bits per heavy atom. The molecule has 116 valence electrons. The summed E-state index contributed by atoms with van der Waals surface area (Å²) in [5.41, 5.74) is 1.80. The molecule has 2 N–H and O–H groups in total. The fourth-order valence-corrected chi connectivity index (χ4v) is 3.32. The van der Waals surface area contributed by atoms with Crippen molar-refractivity contribution < 1.29 is 0 Å². The van der Waals surface area contributed by atoms with Gasteiger partial charge in [-0.05, 0) is 43.6 Å². The second-order valence-electron chi connectivity index (χ2n) is 5.49. The van der Waals surface area contributed by atoms with Crippen LogP contribution >= 0.6 is 11.3 Å². The second kappa shape index (κ2) is 7.35. The van der Waals surface area contributed by atoms with Crippen molar-refractivity contribution in [3.05, 3.63) is 50.1 Å². The summed E-state index contributed by atoms with van der Waals surface area (Å²) in [6.45, 7) is 0.778. The van der Waals surface area contributed by atoms with E-state index in [2.05, 4.69) is 26.6 Å². The maximum Gasteiger partial charge on any atom is 0.274 e. The number of nitrogens with zero attached hydrogens (tertiary/aromatic N) is 2. The molecule has 0 amide bonds. The largest absolute Gasteiger partial charge is 0.354 e. The van der Waals surface area contributed by atoms with Gasteiger partial charge in [0.15, 0.2) is 0 Å². The monoisotopic (exact) mass is 316 g/mol. The first kappa shape index (κ1) is 15.0. The number of hydrogen-bond acceptors (Lipinski definition) is 5. The van der Waals surface area contributed by atoms with E-state index in [1.165, 1.54) is 31.3 Å². The van der Waals surface area contributed by atoms with Crippen LogP contribution < -0.4 is 10.9 Å². The Hall–Kier alpha value is -1.95. The number of rotatable bonds is 6. The van der Waals surface area contributed by atoms with Crippen LogP contribution in [0.5, 0.6) is 0 Å². The van der Waals surface area contributed by atoms with Gasteiger partial charge in [0.25, 0.3) is 5.56 Å². The van der Waals surface area contributed by atoms with Crippen LogP contribution in [0.15, 0.2) is 34.0 Å². The minimum Gasteiger partial charge on any atom is -0.354 e. The summed E-state index contributed by atoms with van der Waals surface area (Å²) in [6.07, 6.45) is 8.87. The summed E-state index contributed by atoms with van der Waals surface area (Å²) in [4.78, 5) is 15.9. The predicted octanol–water partition coefficient (Wildman–Crippen LogP) is 3.12. The normalized spacial score (nSPS) is 14.6. The highest BCUT2D eigenvalue weighted by Gasteiger charge is 2.07. The molecular weight excluding hydrogens is 296 g/mol. The van der Waals surface area contributed by atoms with E-state index in [0.717, 1.165) is 17.8 Å². The van der Waals surface area contributed by atoms with E-state index < -0.39 is 0 Å². The molecule has 6 heteroatoms. The molecular formula is C16H20N4OS. The third-order valence-electron chi connectivity index (χ3n) is 3.81. The topological polar surface area (TPSA) is 70.7 Å². The van der Waals surface area contributed by atoms with Crippen molar-refractivity contribution in [2.45, 2.75) is 38.5 Å². The molecule has 0 atom stereocenters. The Labute approximate surface area is 133 Å². The van der Waals surface area contributed by atoms with Gasteiger partial charge in [0.05, 0.1) is 0 Å². The average Bonchev–Trinajstić information content (AvgIpc) is 3.04. The van der Waals surface area contributed by atoms with E-state index >= 15 is 0 Å². The van der Waals surface area contributed by atoms with Crippen LogP contribution in [0.4, 0.5) is 5.95 Å². The maximum atomic E-state index is 12.0. The van der Waals surface area contributed by atoms with E-state index in [1.54, 1.807) is 11.3 Å². The van der Waals surface area contributed by atoms with Crippen LogP contribution in [0.25, 0.3) is 0 Å². The molecule has 0 aromatic carbocycles. The number of aromatic amines is 1. The number of thiophene rings is 1. The third-order valence-corrected chi connectivity index (χ3v) is 4.69. The van der Waals surface area contributed by atoms with Gasteiger partial charge in [-0.2, -0.15) is 0 Å². The Morgan fingerprint density at radius 2 is 2.27 bits per heavy atom. The second-order valence-corrected chi connectivity index (χ2v) is 6.52. The minimum absolute atomic E-state index is 0.164. The van der Waals surface area contributed by atoms with Crippen molar-refractivity contribution in [1.29, 1.82) is 0 Å². The Balaban J connectivity index is 1.55. The number of aromatic nitrogens is 3. The van der Waals surface area contributed by atoms with E-state index in [1.807, 2.05) is 17.5 Å². The fourth-order valence-electron chi connectivity index (χ4n) is 2.61. The van der Waals surface area contributed by atoms with Gasteiger partial charge in [-0.15, -0.1) is 21.5 Å². The lowest BCUT2D eigenvalue weighted by atomic mass is 9.97. The molecule has 0 unspecified atom stereocenters. The van der Waals surface area contributed by atoms with Crippen LogP contribution in [-0.4, -0.2) is 21.7 Å². The van der Waals surface area contributed by atoms with Crippen LogP contribution in [0, 0.1) is 0 Å². The van der Waals surface area contributed by atoms with Crippen molar-refractivity contribution in [2.24, 2.45) is 0 Å². The Bertz CT molecular complexity index is 690. The minimum atomic E-state index is -0.164. The van der Waals surface area contributed by atoms with Crippen LogP contribution in [0.1, 0.15) is 42.7 Å². The zero-order valence-corrected chi connectivity index (χ0v) is 13.3. The number of hydrogen-bond donors (Lipinski definition) is 2. The van der Waals surface area contributed by atoms with Crippen LogP contribution in [-0.2, 0) is 6.42 Å². The summed E-state index contributed by atoms with van der Waals surface area (Å²) in [7, 11) is 0. The lowest BCUT2D eigenvalue weighted by Gasteiger charge is -2.12. The molecule has 22 heavy (non-hydrogen) atoms. The zero-order valence-electron chi connectivity index (χ0n) is 12.5. The molecule has 0 spiro atoms. The molecule has 0 fully saturated rings. The fraction of sp³-hybridized carbons (Fsp3) is 0.438. The third kappa shape index (κ3) is 4.04. The standard InChI is InChI=1S/C16H20N4OS/c21-15-14(11-13-7-4-10-22-13)19-20-16(18-15)17-9-8-12-5-2-1-3-6-12/h4-5,7,10H,1-3,6,8-9,11H2,(H2,17,18,20,21). The van der Waals surface area contributed by atoms with Gasteiger partial charge >= 0.3 is 0 Å². The Morgan fingerprint density at radius 3 is 3.00 bits per heavy atom. The average molecular weight is 316 g/mol. The summed E-state index contributed by atoms with van der Waals surface area (Å²) in [5.74, 6) is 0.455. The molecule has 2 heterocycles. The predicted molar refractivity (Wildman–Crippen MR) is 89.4 cm³/mol. The molecule has 2 aromatic rings. The summed E-state index contributed by atoms with van der Waals surface area (Å²) < 4.78 is 0. The molecule has 0 saturated carbocycles. The lowest BCUT2D eigenvalue weighted by Crippen LogP contribution is -2.20. The lowest BCUT2D eigenvalue weighted by molar-refractivity contribution is 0.678. The van der Waals surface area contributed by atoms with Gasteiger partial charge < -0.3 is 5.32 Å².